The first-order valence-corrected chi connectivity index (χ1v) is 6.64. The van der Waals surface area contributed by atoms with Gasteiger partial charge in [0.1, 0.15) is 23.2 Å². The van der Waals surface area contributed by atoms with Gasteiger partial charge in [0.05, 0.1) is 4.47 Å². The third-order valence-electron chi connectivity index (χ3n) is 2.36. The zero-order valence-corrected chi connectivity index (χ0v) is 11.9. The van der Waals surface area contributed by atoms with Crippen LogP contribution in [0.5, 0.6) is 11.6 Å². The largest absolute Gasteiger partial charge is 0.439 e. The summed E-state index contributed by atoms with van der Waals surface area (Å²) in [7, 11) is 0. The Bertz CT molecular complexity index is 592. The molecular weight excluding hydrogens is 313 g/mol. The molecule has 0 aliphatic carbocycles. The van der Waals surface area contributed by atoms with Crippen LogP contribution in [0.25, 0.3) is 0 Å². The van der Waals surface area contributed by atoms with E-state index in [2.05, 4.69) is 25.9 Å². The van der Waals surface area contributed by atoms with E-state index in [0.717, 1.165) is 12.8 Å². The van der Waals surface area contributed by atoms with Crippen molar-refractivity contribution < 1.29 is 9.13 Å². The van der Waals surface area contributed by atoms with Crippen LogP contribution < -0.4 is 10.5 Å². The van der Waals surface area contributed by atoms with Gasteiger partial charge < -0.3 is 10.5 Å². The Hall–Kier alpha value is -1.69. The first-order chi connectivity index (χ1) is 9.08. The van der Waals surface area contributed by atoms with Crippen LogP contribution >= 0.6 is 15.9 Å². The number of hydrogen-bond donors (Lipinski definition) is 1. The molecule has 0 amide bonds. The summed E-state index contributed by atoms with van der Waals surface area (Å²) in [5.41, 5.74) is 5.70. The molecule has 0 bridgehead atoms. The predicted octanol–water partition coefficient (Wildman–Crippen LogP) is 3.71. The minimum absolute atomic E-state index is 0.334. The van der Waals surface area contributed by atoms with Crippen molar-refractivity contribution in [2.75, 3.05) is 5.73 Å². The maximum Gasteiger partial charge on any atom is 0.224 e. The van der Waals surface area contributed by atoms with E-state index >= 15 is 0 Å². The van der Waals surface area contributed by atoms with E-state index in [4.69, 9.17) is 10.5 Å². The van der Waals surface area contributed by atoms with Crippen molar-refractivity contribution >= 4 is 21.7 Å². The SMILES string of the molecule is CCCc1nc(N)cc(Oc2ccc(F)c(Br)c2)n1. The second-order valence-corrected chi connectivity index (χ2v) is 4.83. The summed E-state index contributed by atoms with van der Waals surface area (Å²) in [6.45, 7) is 2.03. The lowest BCUT2D eigenvalue weighted by Crippen LogP contribution is -2.01. The van der Waals surface area contributed by atoms with Crippen LogP contribution in [0.1, 0.15) is 19.2 Å². The van der Waals surface area contributed by atoms with E-state index in [1.54, 1.807) is 0 Å². The van der Waals surface area contributed by atoms with Gasteiger partial charge in [0.25, 0.3) is 0 Å². The van der Waals surface area contributed by atoms with Gasteiger partial charge in [0.2, 0.25) is 5.88 Å². The molecule has 19 heavy (non-hydrogen) atoms. The Morgan fingerprint density at radius 2 is 2.11 bits per heavy atom. The van der Waals surface area contributed by atoms with E-state index in [0.29, 0.717) is 27.7 Å². The molecule has 1 aromatic heterocycles. The molecule has 4 nitrogen and oxygen atoms in total. The molecule has 6 heteroatoms. The summed E-state index contributed by atoms with van der Waals surface area (Å²) in [6, 6.07) is 5.92. The fourth-order valence-electron chi connectivity index (χ4n) is 1.54. The molecule has 2 N–H and O–H groups in total. The lowest BCUT2D eigenvalue weighted by molar-refractivity contribution is 0.456. The van der Waals surface area contributed by atoms with E-state index in [1.807, 2.05) is 6.92 Å². The molecule has 0 radical (unpaired) electrons. The molecule has 2 rings (SSSR count). The summed E-state index contributed by atoms with van der Waals surface area (Å²) in [5.74, 6) is 1.48. The van der Waals surface area contributed by atoms with Crippen molar-refractivity contribution in [2.45, 2.75) is 19.8 Å². The van der Waals surface area contributed by atoms with Crippen LogP contribution in [0.2, 0.25) is 0 Å². The van der Waals surface area contributed by atoms with Gasteiger partial charge in [-0.15, -0.1) is 0 Å². The van der Waals surface area contributed by atoms with Crippen molar-refractivity contribution in [3.05, 3.63) is 40.4 Å². The topological polar surface area (TPSA) is 61.0 Å². The molecule has 1 heterocycles. The van der Waals surface area contributed by atoms with Crippen LogP contribution in [-0.4, -0.2) is 9.97 Å². The number of benzene rings is 1. The third-order valence-corrected chi connectivity index (χ3v) is 2.96. The fourth-order valence-corrected chi connectivity index (χ4v) is 1.90. The van der Waals surface area contributed by atoms with Crippen LogP contribution in [0, 0.1) is 5.82 Å². The number of rotatable bonds is 4. The van der Waals surface area contributed by atoms with Gasteiger partial charge in [-0.25, -0.2) is 9.37 Å². The number of aryl methyl sites for hydroxylation is 1. The number of nitrogens with zero attached hydrogens (tertiary/aromatic N) is 2. The Morgan fingerprint density at radius 3 is 2.79 bits per heavy atom. The summed E-state index contributed by atoms with van der Waals surface area (Å²) in [5, 5.41) is 0. The van der Waals surface area contributed by atoms with E-state index in [-0.39, 0.29) is 5.82 Å². The standard InChI is InChI=1S/C13H13BrFN3O/c1-2-3-12-17-11(16)7-13(18-12)19-8-4-5-10(15)9(14)6-8/h4-7H,2-3H2,1H3,(H2,16,17,18). The van der Waals surface area contributed by atoms with Gasteiger partial charge in [-0.05, 0) is 40.5 Å². The van der Waals surface area contributed by atoms with Gasteiger partial charge in [-0.2, -0.15) is 4.98 Å². The number of nitrogen functional groups attached to an aromatic ring is 1. The Balaban J connectivity index is 2.24. The Kier molecular flexibility index (Phi) is 4.31. The number of aromatic nitrogens is 2. The highest BCUT2D eigenvalue weighted by atomic mass is 79.9. The summed E-state index contributed by atoms with van der Waals surface area (Å²) < 4.78 is 19.0. The quantitative estimate of drug-likeness (QED) is 0.930. The monoisotopic (exact) mass is 325 g/mol. The maximum atomic E-state index is 13.1. The van der Waals surface area contributed by atoms with E-state index in [1.165, 1.54) is 24.3 Å². The number of anilines is 1. The predicted molar refractivity (Wildman–Crippen MR) is 74.6 cm³/mol. The molecule has 0 unspecified atom stereocenters. The maximum absolute atomic E-state index is 13.1. The molecule has 0 atom stereocenters. The first kappa shape index (κ1) is 13.7. The highest BCUT2D eigenvalue weighted by Crippen LogP contribution is 2.26. The Labute approximate surface area is 119 Å². The average Bonchev–Trinajstić information content (AvgIpc) is 2.33. The highest BCUT2D eigenvalue weighted by Gasteiger charge is 2.06. The van der Waals surface area contributed by atoms with Crippen molar-refractivity contribution in [3.63, 3.8) is 0 Å². The fraction of sp³-hybridized carbons (Fsp3) is 0.231. The van der Waals surface area contributed by atoms with Crippen LogP contribution in [0.3, 0.4) is 0 Å². The lowest BCUT2D eigenvalue weighted by atomic mass is 10.3. The molecule has 100 valence electrons. The number of halogens is 2. The van der Waals surface area contributed by atoms with Crippen molar-refractivity contribution in [1.82, 2.24) is 9.97 Å². The Morgan fingerprint density at radius 1 is 1.32 bits per heavy atom. The van der Waals surface area contributed by atoms with Crippen LogP contribution in [0.15, 0.2) is 28.7 Å². The molecular formula is C13H13BrFN3O. The van der Waals surface area contributed by atoms with Crippen LogP contribution in [0.4, 0.5) is 10.2 Å². The van der Waals surface area contributed by atoms with Gasteiger partial charge in [-0.3, -0.25) is 0 Å². The lowest BCUT2D eigenvalue weighted by Gasteiger charge is -2.07. The molecule has 1 aromatic carbocycles. The second kappa shape index (κ2) is 5.97. The minimum atomic E-state index is -0.346. The minimum Gasteiger partial charge on any atom is -0.439 e. The average molecular weight is 326 g/mol. The first-order valence-electron chi connectivity index (χ1n) is 5.85. The smallest absolute Gasteiger partial charge is 0.224 e. The number of nitrogens with two attached hydrogens (primary N) is 1. The highest BCUT2D eigenvalue weighted by molar-refractivity contribution is 9.10. The summed E-state index contributed by atoms with van der Waals surface area (Å²) in [6.07, 6.45) is 1.65. The van der Waals surface area contributed by atoms with Crippen molar-refractivity contribution in [1.29, 1.82) is 0 Å². The number of hydrogen-bond acceptors (Lipinski definition) is 4. The molecule has 0 fully saturated rings. The van der Waals surface area contributed by atoms with Crippen molar-refractivity contribution in [3.8, 4) is 11.6 Å². The van der Waals surface area contributed by atoms with Crippen molar-refractivity contribution in [2.24, 2.45) is 0 Å². The number of ether oxygens (including phenoxy) is 1. The zero-order chi connectivity index (χ0) is 13.8. The summed E-state index contributed by atoms with van der Waals surface area (Å²) in [4.78, 5) is 8.36. The second-order valence-electron chi connectivity index (χ2n) is 3.98. The van der Waals surface area contributed by atoms with E-state index in [9.17, 15) is 4.39 Å². The molecule has 0 aliphatic heterocycles. The molecule has 0 spiro atoms. The normalized spacial score (nSPS) is 10.5. The van der Waals surface area contributed by atoms with Crippen LogP contribution in [-0.2, 0) is 6.42 Å². The molecule has 0 aliphatic rings. The van der Waals surface area contributed by atoms with Gasteiger partial charge >= 0.3 is 0 Å². The summed E-state index contributed by atoms with van der Waals surface area (Å²) >= 11 is 3.10. The molecule has 0 saturated heterocycles. The molecule has 0 saturated carbocycles. The third kappa shape index (κ3) is 3.64. The molecule has 2 aromatic rings. The van der Waals surface area contributed by atoms with E-state index < -0.39 is 0 Å². The zero-order valence-electron chi connectivity index (χ0n) is 10.4. The van der Waals surface area contributed by atoms with Gasteiger partial charge in [0, 0.05) is 12.5 Å². The van der Waals surface area contributed by atoms with Gasteiger partial charge in [-0.1, -0.05) is 6.92 Å². The van der Waals surface area contributed by atoms with Gasteiger partial charge in [0.15, 0.2) is 0 Å².